The monoisotopic (exact) mass is 1220 g/mol. The quantitative estimate of drug-likeness (QED) is 0.0988. The number of rotatable bonds is 10. The van der Waals surface area contributed by atoms with E-state index in [1.165, 1.54) is 78.7 Å². The van der Waals surface area contributed by atoms with Crippen LogP contribution in [0.4, 0.5) is 5.69 Å². The molecule has 12 aliphatic rings. The Labute approximate surface area is 528 Å². The minimum atomic E-state index is -0.551. The first-order valence-corrected chi connectivity index (χ1v) is 35.2. The molecule has 15 rings (SSSR count). The maximum atomic E-state index is 13.2. The van der Waals surface area contributed by atoms with Crippen LogP contribution < -0.4 is 0 Å². The molecule has 3 heterocycles. The summed E-state index contributed by atoms with van der Waals surface area (Å²) < 4.78 is 5.07. The smallest absolute Gasteiger partial charge is 0.307 e. The molecule has 9 fully saturated rings. The minimum Gasteiger partial charge on any atom is -0.390 e. The van der Waals surface area contributed by atoms with Crippen LogP contribution in [0.15, 0.2) is 72.1 Å². The molecule has 0 unspecified atom stereocenters. The van der Waals surface area contributed by atoms with Gasteiger partial charge in [0.25, 0.3) is 0 Å². The SMILES string of the molecule is C[C@@]1(O)CC[C@H]2C(=CC[C@@H]3[C@@H]2CC[C@]2(C)[C@@H](C(=O)Cn4cc([N+](=O)[O-])cn4)CC[C@@H]32)C1.Cc1cnn(CC(=O)[C@H]2CC[C@H]3[C@@H]4CC=C5C[C@](C)(O)CC[C@@H]5[C@H]4CC[C@]23C)c1.Cc1cnn(CC(=O)[C@H]2CC[C@H]3[C@@H]4CC=C5C[C@](C)(O)CC[C@@H]5[C@H]4CC[C@]23C)c1. The Morgan fingerprint density at radius 1 is 0.461 bits per heavy atom. The summed E-state index contributed by atoms with van der Waals surface area (Å²) in [6, 6.07) is 0. The van der Waals surface area contributed by atoms with Gasteiger partial charge in [0, 0.05) is 30.1 Å². The van der Waals surface area contributed by atoms with E-state index in [0.717, 1.165) is 144 Å². The molecule has 15 nitrogen and oxygen atoms in total. The fraction of sp³-hybridized carbons (Fsp3) is 0.757. The lowest BCUT2D eigenvalue weighted by Gasteiger charge is -2.54. The van der Waals surface area contributed by atoms with Crippen molar-refractivity contribution in [2.45, 2.75) is 246 Å². The zero-order chi connectivity index (χ0) is 62.7. The van der Waals surface area contributed by atoms with Crippen LogP contribution in [0, 0.1) is 129 Å². The zero-order valence-electron chi connectivity index (χ0n) is 55.0. The predicted octanol–water partition coefficient (Wildman–Crippen LogP) is 13.7. The summed E-state index contributed by atoms with van der Waals surface area (Å²) in [7, 11) is 0. The number of aromatic nitrogens is 6. The van der Waals surface area contributed by atoms with Crippen LogP contribution in [-0.2, 0) is 34.0 Å². The number of nitro groups is 1. The van der Waals surface area contributed by atoms with Crippen LogP contribution in [0.2, 0.25) is 0 Å². The molecule has 9 saturated carbocycles. The highest BCUT2D eigenvalue weighted by molar-refractivity contribution is 5.83. The molecule has 0 amide bonds. The molecule has 0 spiro atoms. The summed E-state index contributed by atoms with van der Waals surface area (Å²) in [5.41, 5.74) is 5.48. The van der Waals surface area contributed by atoms with Gasteiger partial charge in [0.2, 0.25) is 0 Å². The molecular weight excluding hydrogens is 1110 g/mol. The summed E-state index contributed by atoms with van der Waals surface area (Å²) in [5.74, 6) is 9.56. The fourth-order valence-electron chi connectivity index (χ4n) is 23.4. The van der Waals surface area contributed by atoms with Crippen molar-refractivity contribution < 1.29 is 34.6 Å². The first-order chi connectivity index (χ1) is 42.2. The van der Waals surface area contributed by atoms with Crippen LogP contribution in [0.5, 0.6) is 0 Å². The lowest BCUT2D eigenvalue weighted by atomic mass is 9.51. The Kier molecular flexibility index (Phi) is 16.7. The van der Waals surface area contributed by atoms with E-state index in [2.05, 4.69) is 54.3 Å². The highest BCUT2D eigenvalue weighted by Gasteiger charge is 2.61. The van der Waals surface area contributed by atoms with Crippen molar-refractivity contribution >= 4 is 23.0 Å². The Morgan fingerprint density at radius 2 is 0.775 bits per heavy atom. The predicted molar refractivity (Wildman–Crippen MR) is 341 cm³/mol. The van der Waals surface area contributed by atoms with E-state index in [4.69, 9.17) is 0 Å². The van der Waals surface area contributed by atoms with Gasteiger partial charge in [-0.15, -0.1) is 0 Å². The number of nitrogens with zero attached hydrogens (tertiary/aromatic N) is 7. The molecule has 21 atom stereocenters. The average molecular weight is 1220 g/mol. The Balaban J connectivity index is 0.000000123. The molecule has 15 heteroatoms. The van der Waals surface area contributed by atoms with Gasteiger partial charge < -0.3 is 15.3 Å². The number of Topliss-reactive ketones (excluding diaryl/α,β-unsaturated/α-hetero) is 3. The van der Waals surface area contributed by atoms with Crippen LogP contribution in [-0.4, -0.2) is 83.7 Å². The number of carbonyl (C=O) groups excluding carboxylic acids is 3. The van der Waals surface area contributed by atoms with Crippen LogP contribution in [0.3, 0.4) is 0 Å². The van der Waals surface area contributed by atoms with Crippen molar-refractivity contribution in [2.75, 3.05) is 0 Å². The molecule has 0 saturated heterocycles. The maximum absolute atomic E-state index is 13.2. The van der Waals surface area contributed by atoms with Gasteiger partial charge in [0.1, 0.15) is 18.9 Å². The van der Waals surface area contributed by atoms with Crippen molar-refractivity contribution in [1.82, 2.24) is 29.3 Å². The second-order valence-corrected chi connectivity index (χ2v) is 33.3. The average Bonchev–Trinajstić information content (AvgIpc) is 1.77. The highest BCUT2D eigenvalue weighted by atomic mass is 16.6. The van der Waals surface area contributed by atoms with Gasteiger partial charge in [-0.2, -0.15) is 15.3 Å². The maximum Gasteiger partial charge on any atom is 0.307 e. The molecule has 0 aliphatic heterocycles. The molecule has 0 aromatic carbocycles. The van der Waals surface area contributed by atoms with E-state index < -0.39 is 21.7 Å². The molecule has 0 radical (unpaired) electrons. The summed E-state index contributed by atoms with van der Waals surface area (Å²) in [4.78, 5) is 50.2. The topological polar surface area (TPSA) is 208 Å². The number of carbonyl (C=O) groups is 3. The fourth-order valence-corrected chi connectivity index (χ4v) is 23.4. The van der Waals surface area contributed by atoms with Gasteiger partial charge in [-0.3, -0.25) is 38.5 Å². The van der Waals surface area contributed by atoms with Crippen LogP contribution in [0.1, 0.15) is 207 Å². The van der Waals surface area contributed by atoms with Crippen LogP contribution in [0.25, 0.3) is 0 Å². The minimum absolute atomic E-state index is 0.0131. The van der Waals surface area contributed by atoms with Crippen molar-refractivity contribution in [3.8, 4) is 0 Å². The number of allylic oxidation sites excluding steroid dienone is 3. The normalized spacial score (nSPS) is 43.1. The second kappa shape index (κ2) is 23.6. The van der Waals surface area contributed by atoms with E-state index in [-0.39, 0.29) is 52.0 Å². The van der Waals surface area contributed by atoms with Crippen molar-refractivity contribution in [3.63, 3.8) is 0 Å². The summed E-state index contributed by atoms with van der Waals surface area (Å²) in [6.45, 7) is 18.2. The lowest BCUT2D eigenvalue weighted by molar-refractivity contribution is -0.385. The number of fused-ring (bicyclic) bond motifs is 15. The van der Waals surface area contributed by atoms with Crippen LogP contribution >= 0.6 is 0 Å². The Bertz CT molecular complexity index is 3150. The number of hydrogen-bond donors (Lipinski definition) is 3. The zero-order valence-corrected chi connectivity index (χ0v) is 55.0. The third-order valence-electron chi connectivity index (χ3n) is 27.6. The summed E-state index contributed by atoms with van der Waals surface area (Å²) >= 11 is 0. The van der Waals surface area contributed by atoms with Gasteiger partial charge >= 0.3 is 5.69 Å². The lowest BCUT2D eigenvalue weighted by Crippen LogP contribution is -2.48. The van der Waals surface area contributed by atoms with Crippen molar-refractivity contribution in [1.29, 1.82) is 0 Å². The third kappa shape index (κ3) is 11.8. The molecule has 3 N–H and O–H groups in total. The summed E-state index contributed by atoms with van der Waals surface area (Å²) in [6.07, 6.45) is 43.3. The first kappa shape index (κ1) is 62.9. The molecule has 0 bridgehead atoms. The number of aliphatic hydroxyl groups is 3. The highest BCUT2D eigenvalue weighted by Crippen LogP contribution is 2.67. The Hall–Kier alpha value is -4.86. The van der Waals surface area contributed by atoms with Gasteiger partial charge in [-0.1, -0.05) is 55.7 Å². The first-order valence-electron chi connectivity index (χ1n) is 35.2. The van der Waals surface area contributed by atoms with Crippen molar-refractivity contribution in [2.24, 2.45) is 105 Å². The van der Waals surface area contributed by atoms with Crippen molar-refractivity contribution in [3.05, 3.63) is 93.4 Å². The molecule has 12 aliphatic carbocycles. The van der Waals surface area contributed by atoms with E-state index in [1.807, 2.05) is 68.8 Å². The molecule has 89 heavy (non-hydrogen) atoms. The van der Waals surface area contributed by atoms with E-state index in [9.17, 15) is 39.8 Å². The number of ketones is 3. The summed E-state index contributed by atoms with van der Waals surface area (Å²) in [5, 5.41) is 55.2. The van der Waals surface area contributed by atoms with E-state index >= 15 is 0 Å². The van der Waals surface area contributed by atoms with Gasteiger partial charge in [-0.25, -0.2) is 0 Å². The molecule has 484 valence electrons. The largest absolute Gasteiger partial charge is 0.390 e. The van der Waals surface area contributed by atoms with Gasteiger partial charge in [-0.05, 0) is 287 Å². The second-order valence-electron chi connectivity index (χ2n) is 33.3. The number of aryl methyl sites for hydroxylation is 2. The van der Waals surface area contributed by atoms with E-state index in [1.54, 1.807) is 0 Å². The molecule has 3 aromatic heterocycles. The number of hydrogen-bond acceptors (Lipinski definition) is 11. The van der Waals surface area contributed by atoms with E-state index in [0.29, 0.717) is 72.0 Å². The standard InChI is InChI=1S/2C25H36N2O2.C24H33N3O4/c2*1-16-13-26-27(14-16)15-23(28)22-7-6-21-20-5-4-17-12-24(2,29)10-8-18(17)19(20)9-11-25(21,22)3;1-23(29)9-7-17-15(11-23)3-4-19-18(17)8-10-24(2)20(19)5-6-21(24)22(28)14-26-13-16(12-25-26)27(30)31/h2*4,13-14,18-22,29H,5-12,15H2,1-3H3;3,12-13,17-21,29H,4-11,14H2,1-2H3/t2*18-,19+,20+,21-,22+,24+,25-;17-,18+,19+,20-,21+,23+,24-/m000/s1. The Morgan fingerprint density at radius 3 is 1.07 bits per heavy atom. The third-order valence-corrected chi connectivity index (χ3v) is 27.6. The van der Waals surface area contributed by atoms with Gasteiger partial charge in [0.15, 0.2) is 17.3 Å². The molecule has 3 aromatic rings. The van der Waals surface area contributed by atoms with Gasteiger partial charge in [0.05, 0.1) is 47.2 Å². The molecular formula is C74H105N7O8.